The highest BCUT2D eigenvalue weighted by Gasteiger charge is 2.27. The molecule has 4 rings (SSSR count). The molecule has 1 atom stereocenters. The average molecular weight is 360 g/mol. The van der Waals surface area contributed by atoms with Gasteiger partial charge in [-0.2, -0.15) is 0 Å². The molecule has 1 unspecified atom stereocenters. The summed E-state index contributed by atoms with van der Waals surface area (Å²) in [6, 6.07) is 20.3. The normalized spacial score (nSPS) is 16.6. The summed E-state index contributed by atoms with van der Waals surface area (Å²) in [6.07, 6.45) is 5.12. The van der Waals surface area contributed by atoms with Crippen LogP contribution >= 0.6 is 0 Å². The van der Waals surface area contributed by atoms with Crippen molar-refractivity contribution in [2.24, 2.45) is 0 Å². The van der Waals surface area contributed by atoms with Gasteiger partial charge in [-0.25, -0.2) is 0 Å². The monoisotopic (exact) mass is 360 g/mol. The number of benzene rings is 2. The fourth-order valence-corrected chi connectivity index (χ4v) is 3.65. The Bertz CT molecular complexity index is 905. The third-order valence-electron chi connectivity index (χ3n) is 5.09. The maximum Gasteiger partial charge on any atom is 0.222 e. The molecule has 27 heavy (non-hydrogen) atoms. The van der Waals surface area contributed by atoms with Crippen molar-refractivity contribution < 1.29 is 9.53 Å². The molecule has 0 saturated carbocycles. The first-order chi connectivity index (χ1) is 13.3. The van der Waals surface area contributed by atoms with Gasteiger partial charge in [0, 0.05) is 31.0 Å². The molecule has 0 N–H and O–H groups in total. The van der Waals surface area contributed by atoms with Crippen LogP contribution in [0.5, 0.6) is 5.75 Å². The quantitative estimate of drug-likeness (QED) is 0.660. The van der Waals surface area contributed by atoms with Gasteiger partial charge in [-0.1, -0.05) is 48.5 Å². The van der Waals surface area contributed by atoms with Gasteiger partial charge in [-0.3, -0.25) is 9.78 Å². The topological polar surface area (TPSA) is 42.4 Å². The third kappa shape index (κ3) is 4.27. The Morgan fingerprint density at radius 3 is 2.81 bits per heavy atom. The van der Waals surface area contributed by atoms with Crippen LogP contribution in [0.4, 0.5) is 0 Å². The number of aryl methyl sites for hydroxylation is 1. The molecule has 1 aromatic heterocycles. The van der Waals surface area contributed by atoms with Crippen LogP contribution in [0.2, 0.25) is 0 Å². The Balaban J connectivity index is 1.30. The lowest BCUT2D eigenvalue weighted by Crippen LogP contribution is -2.30. The fourth-order valence-electron chi connectivity index (χ4n) is 3.65. The van der Waals surface area contributed by atoms with E-state index in [4.69, 9.17) is 4.74 Å². The van der Waals surface area contributed by atoms with E-state index in [1.807, 2.05) is 53.4 Å². The van der Waals surface area contributed by atoms with Crippen molar-refractivity contribution in [2.75, 3.05) is 13.1 Å². The van der Waals surface area contributed by atoms with E-state index >= 15 is 0 Å². The summed E-state index contributed by atoms with van der Waals surface area (Å²) < 4.78 is 6.19. The molecule has 0 bridgehead atoms. The minimum atomic E-state index is 0.0377. The second kappa shape index (κ2) is 8.21. The highest BCUT2D eigenvalue weighted by Crippen LogP contribution is 2.26. The highest BCUT2D eigenvalue weighted by atomic mass is 16.5. The number of hydrogen-bond acceptors (Lipinski definition) is 3. The maximum absolute atomic E-state index is 12.5. The standard InChI is InChI=1S/C23H24N2O2/c26-22(13-4-9-18-7-2-1-3-8-18)25-16-14-20(17-25)27-21-12-5-10-19-11-6-15-24-23(19)21/h1-3,5-8,10-12,15,20H,4,9,13-14,16-17H2. The number of aromatic nitrogens is 1. The molecule has 1 aliphatic heterocycles. The number of carbonyl (C=O) groups excluding carboxylic acids is 1. The summed E-state index contributed by atoms with van der Waals surface area (Å²) in [7, 11) is 0. The maximum atomic E-state index is 12.5. The SMILES string of the molecule is O=C(CCCc1ccccc1)N1CCC(Oc2cccc3cccnc23)C1. The number of rotatable bonds is 6. The first-order valence-corrected chi connectivity index (χ1v) is 9.62. The van der Waals surface area contributed by atoms with E-state index < -0.39 is 0 Å². The molecule has 138 valence electrons. The van der Waals surface area contributed by atoms with Gasteiger partial charge in [0.15, 0.2) is 0 Å². The molecule has 3 aromatic rings. The highest BCUT2D eigenvalue weighted by molar-refractivity contribution is 5.84. The van der Waals surface area contributed by atoms with Crippen molar-refractivity contribution in [2.45, 2.75) is 31.8 Å². The van der Waals surface area contributed by atoms with Crippen LogP contribution in [-0.4, -0.2) is 35.0 Å². The van der Waals surface area contributed by atoms with E-state index in [-0.39, 0.29) is 12.0 Å². The lowest BCUT2D eigenvalue weighted by Gasteiger charge is -2.18. The molecule has 1 aliphatic rings. The minimum absolute atomic E-state index is 0.0377. The summed E-state index contributed by atoms with van der Waals surface area (Å²) in [5.41, 5.74) is 2.17. The zero-order chi connectivity index (χ0) is 18.5. The smallest absolute Gasteiger partial charge is 0.222 e. The second-order valence-corrected chi connectivity index (χ2v) is 7.04. The van der Waals surface area contributed by atoms with Crippen molar-refractivity contribution >= 4 is 16.8 Å². The predicted molar refractivity (Wildman–Crippen MR) is 107 cm³/mol. The molecule has 0 spiro atoms. The number of fused-ring (bicyclic) bond motifs is 1. The number of nitrogens with zero attached hydrogens (tertiary/aromatic N) is 2. The molecular formula is C23H24N2O2. The van der Waals surface area contributed by atoms with Crippen LogP contribution in [-0.2, 0) is 11.2 Å². The lowest BCUT2D eigenvalue weighted by atomic mass is 10.1. The van der Waals surface area contributed by atoms with Crippen molar-refractivity contribution in [1.82, 2.24) is 9.88 Å². The molecule has 4 nitrogen and oxygen atoms in total. The largest absolute Gasteiger partial charge is 0.486 e. The zero-order valence-electron chi connectivity index (χ0n) is 15.4. The van der Waals surface area contributed by atoms with Crippen molar-refractivity contribution in [3.05, 3.63) is 72.4 Å². The Kier molecular flexibility index (Phi) is 5.33. The van der Waals surface area contributed by atoms with E-state index in [0.29, 0.717) is 13.0 Å². The number of likely N-dealkylation sites (tertiary alicyclic amines) is 1. The molecule has 4 heteroatoms. The van der Waals surface area contributed by atoms with E-state index in [9.17, 15) is 4.79 Å². The van der Waals surface area contributed by atoms with Gasteiger partial charge in [0.1, 0.15) is 17.4 Å². The van der Waals surface area contributed by atoms with Gasteiger partial charge < -0.3 is 9.64 Å². The summed E-state index contributed by atoms with van der Waals surface area (Å²) in [5, 5.41) is 1.07. The van der Waals surface area contributed by atoms with Gasteiger partial charge >= 0.3 is 0 Å². The van der Waals surface area contributed by atoms with Crippen LogP contribution in [0.15, 0.2) is 66.9 Å². The van der Waals surface area contributed by atoms with Gasteiger partial charge in [0.2, 0.25) is 5.91 Å². The van der Waals surface area contributed by atoms with Gasteiger partial charge in [-0.05, 0) is 30.5 Å². The predicted octanol–water partition coefficient (Wildman–Crippen LogP) is 4.24. The average Bonchev–Trinajstić information content (AvgIpc) is 3.18. The van der Waals surface area contributed by atoms with Gasteiger partial charge in [-0.15, -0.1) is 0 Å². The fraction of sp³-hybridized carbons (Fsp3) is 0.304. The van der Waals surface area contributed by atoms with Crippen LogP contribution < -0.4 is 4.74 Å². The number of ether oxygens (including phenoxy) is 1. The zero-order valence-corrected chi connectivity index (χ0v) is 15.4. The molecule has 0 aliphatic carbocycles. The molecule has 1 saturated heterocycles. The molecule has 2 heterocycles. The molecule has 1 amide bonds. The molecule has 0 radical (unpaired) electrons. The number of pyridine rings is 1. The molecule has 1 fully saturated rings. The Morgan fingerprint density at radius 1 is 1.07 bits per heavy atom. The van der Waals surface area contributed by atoms with Crippen molar-refractivity contribution in [3.8, 4) is 5.75 Å². The van der Waals surface area contributed by atoms with E-state index in [2.05, 4.69) is 17.1 Å². The summed E-state index contributed by atoms with van der Waals surface area (Å²) in [5.74, 6) is 1.03. The number of amides is 1. The summed E-state index contributed by atoms with van der Waals surface area (Å²) >= 11 is 0. The first kappa shape index (κ1) is 17.5. The molecular weight excluding hydrogens is 336 g/mol. The number of hydrogen-bond donors (Lipinski definition) is 0. The van der Waals surface area contributed by atoms with Gasteiger partial charge in [0.25, 0.3) is 0 Å². The molecule has 2 aromatic carbocycles. The van der Waals surface area contributed by atoms with Crippen LogP contribution in [0.1, 0.15) is 24.8 Å². The number of carbonyl (C=O) groups is 1. The Hall–Kier alpha value is -2.88. The second-order valence-electron chi connectivity index (χ2n) is 7.04. The van der Waals surface area contributed by atoms with Crippen LogP contribution in [0.3, 0.4) is 0 Å². The Labute approximate surface area is 159 Å². The van der Waals surface area contributed by atoms with E-state index in [1.165, 1.54) is 5.56 Å². The first-order valence-electron chi connectivity index (χ1n) is 9.62. The van der Waals surface area contributed by atoms with Crippen LogP contribution in [0, 0.1) is 0 Å². The summed E-state index contributed by atoms with van der Waals surface area (Å²) in [4.78, 5) is 18.9. The van der Waals surface area contributed by atoms with Crippen molar-refractivity contribution in [3.63, 3.8) is 0 Å². The summed E-state index contributed by atoms with van der Waals surface area (Å²) in [6.45, 7) is 1.43. The minimum Gasteiger partial charge on any atom is -0.486 e. The van der Waals surface area contributed by atoms with E-state index in [1.54, 1.807) is 6.20 Å². The lowest BCUT2D eigenvalue weighted by molar-refractivity contribution is -0.130. The van der Waals surface area contributed by atoms with E-state index in [0.717, 1.165) is 42.5 Å². The Morgan fingerprint density at radius 2 is 1.93 bits per heavy atom. The van der Waals surface area contributed by atoms with Gasteiger partial charge in [0.05, 0.1) is 6.54 Å². The third-order valence-corrected chi connectivity index (χ3v) is 5.09. The van der Waals surface area contributed by atoms with Crippen LogP contribution in [0.25, 0.3) is 10.9 Å². The van der Waals surface area contributed by atoms with Crippen molar-refractivity contribution in [1.29, 1.82) is 0 Å². The number of para-hydroxylation sites is 1.